The highest BCUT2D eigenvalue weighted by atomic mass is 16.3. The van der Waals surface area contributed by atoms with Crippen LogP contribution in [0, 0.1) is 6.92 Å². The van der Waals surface area contributed by atoms with Crippen LogP contribution in [0.15, 0.2) is 24.3 Å². The van der Waals surface area contributed by atoms with Gasteiger partial charge in [0.25, 0.3) is 0 Å². The molecule has 112 valence electrons. The molecule has 0 aromatic heterocycles. The summed E-state index contributed by atoms with van der Waals surface area (Å²) in [5.41, 5.74) is 2.65. The molecule has 1 heterocycles. The average Bonchev–Trinajstić information content (AvgIpc) is 2.75. The molecule has 4 heteroatoms. The number of nitrogens with one attached hydrogen (secondary N) is 1. The van der Waals surface area contributed by atoms with Crippen LogP contribution in [-0.4, -0.2) is 53.5 Å². The molecule has 1 fully saturated rings. The van der Waals surface area contributed by atoms with E-state index < -0.39 is 12.2 Å². The zero-order valence-corrected chi connectivity index (χ0v) is 12.4. The molecule has 0 amide bonds. The molecule has 1 saturated heterocycles. The first kappa shape index (κ1) is 15.4. The number of aliphatic hydroxyl groups excluding tert-OH is 2. The Morgan fingerprint density at radius 3 is 2.50 bits per heavy atom. The Kier molecular flexibility index (Phi) is 5.54. The van der Waals surface area contributed by atoms with Gasteiger partial charge in [-0.3, -0.25) is 4.90 Å². The third-order valence-corrected chi connectivity index (χ3v) is 4.08. The van der Waals surface area contributed by atoms with Crippen molar-refractivity contribution >= 4 is 0 Å². The number of rotatable bonds is 6. The van der Waals surface area contributed by atoms with Crippen molar-refractivity contribution in [2.24, 2.45) is 0 Å². The van der Waals surface area contributed by atoms with Gasteiger partial charge in [0.15, 0.2) is 0 Å². The number of hydrogen-bond donors (Lipinski definition) is 3. The van der Waals surface area contributed by atoms with E-state index in [-0.39, 0.29) is 0 Å². The van der Waals surface area contributed by atoms with Gasteiger partial charge in [0.2, 0.25) is 0 Å². The molecule has 2 rings (SSSR count). The molecule has 3 unspecified atom stereocenters. The molecule has 3 N–H and O–H groups in total. The summed E-state index contributed by atoms with van der Waals surface area (Å²) in [6.07, 6.45) is -0.199. The second-order valence-corrected chi connectivity index (χ2v) is 5.65. The summed E-state index contributed by atoms with van der Waals surface area (Å²) in [6, 6.07) is 8.79. The van der Waals surface area contributed by atoms with Crippen molar-refractivity contribution in [2.75, 3.05) is 26.2 Å². The molecule has 0 saturated carbocycles. The van der Waals surface area contributed by atoms with E-state index in [2.05, 4.69) is 48.3 Å². The van der Waals surface area contributed by atoms with Crippen LogP contribution in [0.3, 0.4) is 0 Å². The predicted molar refractivity (Wildman–Crippen MR) is 80.7 cm³/mol. The quantitative estimate of drug-likeness (QED) is 0.729. The van der Waals surface area contributed by atoms with Gasteiger partial charge in [-0.05, 0) is 31.0 Å². The summed E-state index contributed by atoms with van der Waals surface area (Å²) in [5.74, 6) is 0. The molecule has 0 radical (unpaired) electrons. The predicted octanol–water partition coefficient (Wildman–Crippen LogP) is 1.07. The molecular formula is C16H26N2O2. The first-order valence-electron chi connectivity index (χ1n) is 7.49. The van der Waals surface area contributed by atoms with Crippen molar-refractivity contribution in [3.05, 3.63) is 35.4 Å². The van der Waals surface area contributed by atoms with Crippen LogP contribution in [0.25, 0.3) is 0 Å². The topological polar surface area (TPSA) is 55.7 Å². The van der Waals surface area contributed by atoms with Crippen LogP contribution in [0.2, 0.25) is 0 Å². The molecule has 1 aromatic carbocycles. The Balaban J connectivity index is 1.95. The van der Waals surface area contributed by atoms with Gasteiger partial charge in [-0.15, -0.1) is 0 Å². The molecule has 1 aromatic rings. The van der Waals surface area contributed by atoms with Crippen LogP contribution in [0.4, 0.5) is 0 Å². The maximum Gasteiger partial charge on any atom is 0.0938 e. The lowest BCUT2D eigenvalue weighted by Gasteiger charge is -2.23. The maximum absolute atomic E-state index is 9.59. The first-order valence-corrected chi connectivity index (χ1v) is 7.49. The van der Waals surface area contributed by atoms with Gasteiger partial charge in [0, 0.05) is 25.7 Å². The highest BCUT2D eigenvalue weighted by Crippen LogP contribution is 2.22. The van der Waals surface area contributed by atoms with Gasteiger partial charge >= 0.3 is 0 Å². The number of β-amino-alcohol motifs (C(OH)–C–C–N with tert-alkyl or cyclic N) is 2. The molecule has 0 spiro atoms. The standard InChI is InChI=1S/C16H26N2O2/c1-3-17-14(13-7-5-4-6-12(13)2)8-9-18-10-15(19)16(20)11-18/h4-7,14-17,19-20H,3,8-11H2,1-2H3. The lowest BCUT2D eigenvalue weighted by atomic mass is 9.98. The molecular weight excluding hydrogens is 252 g/mol. The maximum atomic E-state index is 9.59. The van der Waals surface area contributed by atoms with Gasteiger partial charge in [0.1, 0.15) is 0 Å². The fourth-order valence-electron chi connectivity index (χ4n) is 2.93. The minimum absolute atomic E-state index is 0.330. The lowest BCUT2D eigenvalue weighted by Crippen LogP contribution is -2.29. The number of benzene rings is 1. The van der Waals surface area contributed by atoms with Gasteiger partial charge in [-0.1, -0.05) is 31.2 Å². The molecule has 0 bridgehead atoms. The van der Waals surface area contributed by atoms with E-state index in [0.29, 0.717) is 19.1 Å². The van der Waals surface area contributed by atoms with E-state index in [1.807, 2.05) is 0 Å². The van der Waals surface area contributed by atoms with E-state index in [9.17, 15) is 10.2 Å². The van der Waals surface area contributed by atoms with E-state index in [1.54, 1.807) is 0 Å². The fourth-order valence-corrected chi connectivity index (χ4v) is 2.93. The largest absolute Gasteiger partial charge is 0.389 e. The third kappa shape index (κ3) is 3.79. The number of nitrogens with zero attached hydrogens (tertiary/aromatic N) is 1. The van der Waals surface area contributed by atoms with Crippen LogP contribution in [-0.2, 0) is 0 Å². The Morgan fingerprint density at radius 1 is 1.25 bits per heavy atom. The third-order valence-electron chi connectivity index (χ3n) is 4.08. The summed E-state index contributed by atoms with van der Waals surface area (Å²) in [6.45, 7) is 7.24. The van der Waals surface area contributed by atoms with Crippen molar-refractivity contribution < 1.29 is 10.2 Å². The van der Waals surface area contributed by atoms with E-state index in [0.717, 1.165) is 19.5 Å². The number of aryl methyl sites for hydroxylation is 1. The number of aliphatic hydroxyl groups is 2. The lowest BCUT2D eigenvalue weighted by molar-refractivity contribution is 0.0572. The van der Waals surface area contributed by atoms with Crippen LogP contribution in [0.5, 0.6) is 0 Å². The minimum Gasteiger partial charge on any atom is -0.389 e. The van der Waals surface area contributed by atoms with Gasteiger partial charge in [-0.2, -0.15) is 0 Å². The van der Waals surface area contributed by atoms with Crippen molar-refractivity contribution in [3.8, 4) is 0 Å². The molecule has 20 heavy (non-hydrogen) atoms. The Hall–Kier alpha value is -0.940. The van der Waals surface area contributed by atoms with Crippen LogP contribution < -0.4 is 5.32 Å². The van der Waals surface area contributed by atoms with Gasteiger partial charge < -0.3 is 15.5 Å². The normalized spacial score (nSPS) is 25.0. The van der Waals surface area contributed by atoms with Crippen molar-refractivity contribution in [1.29, 1.82) is 0 Å². The zero-order valence-electron chi connectivity index (χ0n) is 12.4. The molecule has 4 nitrogen and oxygen atoms in total. The molecule has 1 aliphatic rings. The Labute approximate surface area is 121 Å². The molecule has 0 aliphatic carbocycles. The van der Waals surface area contributed by atoms with Crippen molar-refractivity contribution in [1.82, 2.24) is 10.2 Å². The SMILES string of the molecule is CCNC(CCN1CC(O)C(O)C1)c1ccccc1C. The van der Waals surface area contributed by atoms with Gasteiger partial charge in [-0.25, -0.2) is 0 Å². The summed E-state index contributed by atoms with van der Waals surface area (Å²) in [4.78, 5) is 2.14. The number of hydrogen-bond acceptors (Lipinski definition) is 4. The average molecular weight is 278 g/mol. The van der Waals surface area contributed by atoms with Crippen molar-refractivity contribution in [3.63, 3.8) is 0 Å². The van der Waals surface area contributed by atoms with Crippen LogP contribution >= 0.6 is 0 Å². The van der Waals surface area contributed by atoms with E-state index in [1.165, 1.54) is 11.1 Å². The summed E-state index contributed by atoms with van der Waals surface area (Å²) in [5, 5.41) is 22.7. The molecule has 1 aliphatic heterocycles. The Morgan fingerprint density at radius 2 is 1.90 bits per heavy atom. The monoisotopic (exact) mass is 278 g/mol. The molecule has 3 atom stereocenters. The summed E-state index contributed by atoms with van der Waals surface area (Å²) >= 11 is 0. The summed E-state index contributed by atoms with van der Waals surface area (Å²) in [7, 11) is 0. The van der Waals surface area contributed by atoms with E-state index >= 15 is 0 Å². The van der Waals surface area contributed by atoms with Crippen molar-refractivity contribution in [2.45, 2.75) is 38.5 Å². The Bertz CT molecular complexity index is 415. The summed E-state index contributed by atoms with van der Waals surface area (Å²) < 4.78 is 0. The van der Waals surface area contributed by atoms with Crippen LogP contribution in [0.1, 0.15) is 30.5 Å². The first-order chi connectivity index (χ1) is 9.61. The highest BCUT2D eigenvalue weighted by Gasteiger charge is 2.29. The highest BCUT2D eigenvalue weighted by molar-refractivity contribution is 5.28. The number of likely N-dealkylation sites (tertiary alicyclic amines) is 1. The smallest absolute Gasteiger partial charge is 0.0938 e. The zero-order chi connectivity index (χ0) is 14.5. The minimum atomic E-state index is -0.592. The van der Waals surface area contributed by atoms with E-state index in [4.69, 9.17) is 0 Å². The fraction of sp³-hybridized carbons (Fsp3) is 0.625. The second-order valence-electron chi connectivity index (χ2n) is 5.65. The van der Waals surface area contributed by atoms with Gasteiger partial charge in [0.05, 0.1) is 12.2 Å². The second kappa shape index (κ2) is 7.18.